The van der Waals surface area contributed by atoms with Crippen molar-refractivity contribution in [3.63, 3.8) is 0 Å². The lowest BCUT2D eigenvalue weighted by Crippen LogP contribution is -2.48. The molecule has 2 amide bonds. The second kappa shape index (κ2) is 8.69. The van der Waals surface area contributed by atoms with Crippen molar-refractivity contribution in [1.82, 2.24) is 10.2 Å². The van der Waals surface area contributed by atoms with Gasteiger partial charge in [0.2, 0.25) is 11.8 Å². The van der Waals surface area contributed by atoms with Gasteiger partial charge in [0, 0.05) is 25.9 Å². The maximum Gasteiger partial charge on any atom is 0.475 e. The molecule has 0 aromatic heterocycles. The van der Waals surface area contributed by atoms with Gasteiger partial charge >= 0.3 is 7.12 Å². The number of piperidine rings is 1. The van der Waals surface area contributed by atoms with Crippen molar-refractivity contribution in [2.45, 2.75) is 38.0 Å². The van der Waals surface area contributed by atoms with Gasteiger partial charge < -0.3 is 20.3 Å². The molecule has 0 radical (unpaired) electrons. The third-order valence-electron chi connectivity index (χ3n) is 4.03. The third kappa shape index (κ3) is 5.69. The minimum atomic E-state index is -1.63. The standard InChI is InChI=1S/C16H23BN2O4/c20-15(9-11-19-10-5-4-8-16(19)21)18-14(17(22)23)12-13-6-2-1-3-7-13/h1-3,6-7,14,22-23H,4-5,8-12H2,(H,18,20)/t14-/m1/s1. The lowest BCUT2D eigenvalue weighted by atomic mass is 9.76. The summed E-state index contributed by atoms with van der Waals surface area (Å²) < 4.78 is 0. The molecule has 1 heterocycles. The molecule has 2 rings (SSSR count). The van der Waals surface area contributed by atoms with E-state index < -0.39 is 13.1 Å². The first-order chi connectivity index (χ1) is 11.1. The van der Waals surface area contributed by atoms with E-state index >= 15 is 0 Å². The van der Waals surface area contributed by atoms with Crippen LogP contribution in [0, 0.1) is 0 Å². The summed E-state index contributed by atoms with van der Waals surface area (Å²) in [6.45, 7) is 1.08. The van der Waals surface area contributed by atoms with Crippen molar-refractivity contribution < 1.29 is 19.6 Å². The molecule has 7 heteroatoms. The van der Waals surface area contributed by atoms with Crippen LogP contribution < -0.4 is 5.32 Å². The van der Waals surface area contributed by atoms with Gasteiger partial charge in [0.1, 0.15) is 0 Å². The Morgan fingerprint density at radius 1 is 1.26 bits per heavy atom. The molecule has 23 heavy (non-hydrogen) atoms. The molecule has 0 spiro atoms. The van der Waals surface area contributed by atoms with Gasteiger partial charge in [-0.2, -0.15) is 0 Å². The highest BCUT2D eigenvalue weighted by Gasteiger charge is 2.26. The Labute approximate surface area is 136 Å². The van der Waals surface area contributed by atoms with Crippen LogP contribution in [-0.4, -0.2) is 52.9 Å². The van der Waals surface area contributed by atoms with Gasteiger partial charge in [-0.1, -0.05) is 30.3 Å². The Balaban J connectivity index is 1.82. The number of benzene rings is 1. The molecular weight excluding hydrogens is 295 g/mol. The minimum absolute atomic E-state index is 0.0899. The number of nitrogens with zero attached hydrogens (tertiary/aromatic N) is 1. The molecule has 0 unspecified atom stereocenters. The normalized spacial score (nSPS) is 16.1. The summed E-state index contributed by atoms with van der Waals surface area (Å²) in [7, 11) is -1.63. The number of hydrogen-bond acceptors (Lipinski definition) is 4. The average Bonchev–Trinajstić information content (AvgIpc) is 2.54. The number of rotatable bonds is 7. The molecule has 1 aliphatic heterocycles. The fraction of sp³-hybridized carbons (Fsp3) is 0.500. The van der Waals surface area contributed by atoms with E-state index in [0.717, 1.165) is 18.4 Å². The summed E-state index contributed by atoms with van der Waals surface area (Å²) in [4.78, 5) is 25.4. The molecule has 124 valence electrons. The lowest BCUT2D eigenvalue weighted by Gasteiger charge is -2.26. The predicted molar refractivity (Wildman–Crippen MR) is 87.3 cm³/mol. The SMILES string of the molecule is O=C(CCN1CCCCC1=O)N[C@H](Cc1ccccc1)B(O)O. The van der Waals surface area contributed by atoms with Crippen LogP contribution in [0.2, 0.25) is 0 Å². The Kier molecular flexibility index (Phi) is 6.61. The smallest absolute Gasteiger partial charge is 0.426 e. The van der Waals surface area contributed by atoms with E-state index in [0.29, 0.717) is 25.9 Å². The maximum absolute atomic E-state index is 12.0. The summed E-state index contributed by atoms with van der Waals surface area (Å²) in [6.07, 6.45) is 2.95. The van der Waals surface area contributed by atoms with Crippen LogP contribution in [-0.2, 0) is 16.0 Å². The summed E-state index contributed by atoms with van der Waals surface area (Å²) in [6, 6.07) is 9.34. The molecule has 1 saturated heterocycles. The minimum Gasteiger partial charge on any atom is -0.426 e. The molecule has 0 saturated carbocycles. The molecule has 3 N–H and O–H groups in total. The van der Waals surface area contributed by atoms with E-state index in [1.165, 1.54) is 0 Å². The monoisotopic (exact) mass is 318 g/mol. The first kappa shape index (κ1) is 17.5. The van der Waals surface area contributed by atoms with Crippen LogP contribution in [0.25, 0.3) is 0 Å². The molecule has 1 aromatic carbocycles. The van der Waals surface area contributed by atoms with Gasteiger partial charge in [0.05, 0.1) is 5.94 Å². The predicted octanol–water partition coefficient (Wildman–Crippen LogP) is 0.128. The van der Waals surface area contributed by atoms with Gasteiger partial charge in [-0.3, -0.25) is 9.59 Å². The van der Waals surface area contributed by atoms with Crippen molar-refractivity contribution in [2.24, 2.45) is 0 Å². The number of hydrogen-bond donors (Lipinski definition) is 3. The molecule has 6 nitrogen and oxygen atoms in total. The van der Waals surface area contributed by atoms with Gasteiger partial charge in [-0.25, -0.2) is 0 Å². The highest BCUT2D eigenvalue weighted by molar-refractivity contribution is 6.43. The van der Waals surface area contributed by atoms with Gasteiger partial charge in [-0.15, -0.1) is 0 Å². The summed E-state index contributed by atoms with van der Waals surface area (Å²) in [5.41, 5.74) is 0.914. The first-order valence-corrected chi connectivity index (χ1v) is 8.03. The van der Waals surface area contributed by atoms with Crippen LogP contribution >= 0.6 is 0 Å². The van der Waals surface area contributed by atoms with E-state index in [9.17, 15) is 19.6 Å². The van der Waals surface area contributed by atoms with E-state index in [-0.39, 0.29) is 18.2 Å². The van der Waals surface area contributed by atoms with E-state index in [1.54, 1.807) is 4.90 Å². The quantitative estimate of drug-likeness (QED) is 0.623. The van der Waals surface area contributed by atoms with Gasteiger partial charge in [0.25, 0.3) is 0 Å². The Bertz CT molecular complexity index is 524. The number of carbonyl (C=O) groups is 2. The van der Waals surface area contributed by atoms with Crippen LogP contribution in [0.5, 0.6) is 0 Å². The summed E-state index contributed by atoms with van der Waals surface area (Å²) >= 11 is 0. The topological polar surface area (TPSA) is 89.9 Å². The second-order valence-corrected chi connectivity index (χ2v) is 5.87. The van der Waals surface area contributed by atoms with E-state index in [2.05, 4.69) is 5.32 Å². The summed E-state index contributed by atoms with van der Waals surface area (Å²) in [5, 5.41) is 21.6. The van der Waals surface area contributed by atoms with Crippen molar-refractivity contribution in [1.29, 1.82) is 0 Å². The fourth-order valence-corrected chi connectivity index (χ4v) is 2.71. The van der Waals surface area contributed by atoms with Gasteiger partial charge in [-0.05, 0) is 24.8 Å². The highest BCUT2D eigenvalue weighted by Crippen LogP contribution is 2.11. The first-order valence-electron chi connectivity index (χ1n) is 8.03. The van der Waals surface area contributed by atoms with Crippen LogP contribution in [0.15, 0.2) is 30.3 Å². The van der Waals surface area contributed by atoms with Crippen molar-refractivity contribution in [2.75, 3.05) is 13.1 Å². The largest absolute Gasteiger partial charge is 0.475 e. The number of amides is 2. The molecule has 1 aliphatic rings. The lowest BCUT2D eigenvalue weighted by molar-refractivity contribution is -0.133. The zero-order valence-corrected chi connectivity index (χ0v) is 13.1. The Hall–Kier alpha value is -1.86. The molecule has 0 aliphatic carbocycles. The van der Waals surface area contributed by atoms with Crippen molar-refractivity contribution in [3.8, 4) is 0 Å². The zero-order valence-electron chi connectivity index (χ0n) is 13.1. The Morgan fingerprint density at radius 3 is 2.65 bits per heavy atom. The number of carbonyl (C=O) groups excluding carboxylic acids is 2. The molecule has 1 fully saturated rings. The van der Waals surface area contributed by atoms with Crippen molar-refractivity contribution in [3.05, 3.63) is 35.9 Å². The molecule has 1 aromatic rings. The van der Waals surface area contributed by atoms with Crippen LogP contribution in [0.1, 0.15) is 31.2 Å². The average molecular weight is 318 g/mol. The molecular formula is C16H23BN2O4. The Morgan fingerprint density at radius 2 is 2.00 bits per heavy atom. The maximum atomic E-state index is 12.0. The van der Waals surface area contributed by atoms with Crippen LogP contribution in [0.3, 0.4) is 0 Å². The van der Waals surface area contributed by atoms with Crippen molar-refractivity contribution >= 4 is 18.9 Å². The third-order valence-corrected chi connectivity index (χ3v) is 4.03. The summed E-state index contributed by atoms with van der Waals surface area (Å²) in [5.74, 6) is -0.952. The van der Waals surface area contributed by atoms with Gasteiger partial charge in [0.15, 0.2) is 0 Å². The second-order valence-electron chi connectivity index (χ2n) is 5.87. The molecule has 1 atom stereocenters. The fourth-order valence-electron chi connectivity index (χ4n) is 2.71. The zero-order chi connectivity index (χ0) is 16.7. The number of nitrogens with one attached hydrogen (secondary N) is 1. The van der Waals surface area contributed by atoms with Crippen LogP contribution in [0.4, 0.5) is 0 Å². The van der Waals surface area contributed by atoms with E-state index in [1.807, 2.05) is 30.3 Å². The van der Waals surface area contributed by atoms with E-state index in [4.69, 9.17) is 0 Å². The molecule has 0 bridgehead atoms. The number of likely N-dealkylation sites (tertiary alicyclic amines) is 1. The highest BCUT2D eigenvalue weighted by atomic mass is 16.4.